The van der Waals surface area contributed by atoms with Crippen LogP contribution in [0.4, 0.5) is 0 Å². The number of likely N-dealkylation sites (tertiary alicyclic amines) is 2. The molecule has 3 aliphatic heterocycles. The van der Waals surface area contributed by atoms with Crippen molar-refractivity contribution < 1.29 is 4.74 Å². The lowest BCUT2D eigenvalue weighted by Gasteiger charge is -2.54. The molecule has 3 fully saturated rings. The second kappa shape index (κ2) is 7.14. The van der Waals surface area contributed by atoms with Gasteiger partial charge >= 0.3 is 0 Å². The molecule has 5 heteroatoms. The number of hydrogen-bond donors (Lipinski definition) is 2. The maximum Gasteiger partial charge on any atom is 0.106 e. The van der Waals surface area contributed by atoms with Crippen LogP contribution in [-0.2, 0) is 4.74 Å². The third-order valence-electron chi connectivity index (χ3n) is 5.63. The second-order valence-corrected chi connectivity index (χ2v) is 7.80. The third kappa shape index (κ3) is 3.82. The lowest BCUT2D eigenvalue weighted by Crippen LogP contribution is -2.72. The van der Waals surface area contributed by atoms with Gasteiger partial charge in [0, 0.05) is 57.4 Å². The highest BCUT2D eigenvalue weighted by atomic mass is 16.5. The molecule has 5 nitrogen and oxygen atoms in total. The Morgan fingerprint density at radius 2 is 2.09 bits per heavy atom. The average molecular weight is 310 g/mol. The molecule has 0 aliphatic carbocycles. The molecule has 2 N–H and O–H groups in total. The van der Waals surface area contributed by atoms with Crippen molar-refractivity contribution in [1.82, 2.24) is 20.4 Å². The Kier molecular flexibility index (Phi) is 5.40. The molecule has 3 rings (SSSR count). The van der Waals surface area contributed by atoms with Gasteiger partial charge in [-0.3, -0.25) is 9.80 Å². The molecule has 128 valence electrons. The summed E-state index contributed by atoms with van der Waals surface area (Å²) in [4.78, 5) is 5.16. The third-order valence-corrected chi connectivity index (χ3v) is 5.63. The SMILES string of the molecule is CC(C)N1CCCC(NCC(C)N2CC3(CNCCO3)C2)C1. The van der Waals surface area contributed by atoms with Gasteiger partial charge in [-0.15, -0.1) is 0 Å². The Bertz CT molecular complexity index is 349. The van der Waals surface area contributed by atoms with Gasteiger partial charge in [0.1, 0.15) is 5.60 Å². The van der Waals surface area contributed by atoms with E-state index in [0.29, 0.717) is 18.1 Å². The van der Waals surface area contributed by atoms with Crippen LogP contribution in [-0.4, -0.2) is 85.9 Å². The van der Waals surface area contributed by atoms with Gasteiger partial charge in [0.25, 0.3) is 0 Å². The summed E-state index contributed by atoms with van der Waals surface area (Å²) in [7, 11) is 0. The minimum absolute atomic E-state index is 0.117. The summed E-state index contributed by atoms with van der Waals surface area (Å²) in [5.41, 5.74) is 0.117. The van der Waals surface area contributed by atoms with Crippen LogP contribution in [0.1, 0.15) is 33.6 Å². The topological polar surface area (TPSA) is 39.8 Å². The van der Waals surface area contributed by atoms with Crippen molar-refractivity contribution in [3.05, 3.63) is 0 Å². The molecule has 0 aromatic heterocycles. The zero-order valence-electron chi connectivity index (χ0n) is 14.6. The largest absolute Gasteiger partial charge is 0.370 e. The quantitative estimate of drug-likeness (QED) is 0.774. The van der Waals surface area contributed by atoms with Crippen molar-refractivity contribution in [2.24, 2.45) is 0 Å². The Hall–Kier alpha value is -0.200. The Balaban J connectivity index is 1.37. The Labute approximate surface area is 135 Å². The van der Waals surface area contributed by atoms with Gasteiger partial charge in [0.2, 0.25) is 0 Å². The molecule has 0 bridgehead atoms. The van der Waals surface area contributed by atoms with Crippen LogP contribution >= 0.6 is 0 Å². The fourth-order valence-electron chi connectivity index (χ4n) is 4.02. The van der Waals surface area contributed by atoms with Crippen LogP contribution in [0, 0.1) is 0 Å². The van der Waals surface area contributed by atoms with E-state index in [2.05, 4.69) is 41.2 Å². The lowest BCUT2D eigenvalue weighted by atomic mass is 9.91. The van der Waals surface area contributed by atoms with Gasteiger partial charge in [0.05, 0.1) is 6.61 Å². The van der Waals surface area contributed by atoms with Gasteiger partial charge in [-0.1, -0.05) is 0 Å². The van der Waals surface area contributed by atoms with Crippen LogP contribution in [0.5, 0.6) is 0 Å². The first kappa shape index (κ1) is 16.7. The summed E-state index contributed by atoms with van der Waals surface area (Å²) in [6.07, 6.45) is 2.66. The fraction of sp³-hybridized carbons (Fsp3) is 1.00. The smallest absolute Gasteiger partial charge is 0.106 e. The Morgan fingerprint density at radius 3 is 2.77 bits per heavy atom. The predicted molar refractivity (Wildman–Crippen MR) is 90.3 cm³/mol. The van der Waals surface area contributed by atoms with Crippen LogP contribution in [0.2, 0.25) is 0 Å². The normalized spacial score (nSPS) is 31.4. The molecule has 3 heterocycles. The molecule has 0 radical (unpaired) electrons. The molecule has 1 spiro atoms. The maximum atomic E-state index is 5.99. The van der Waals surface area contributed by atoms with E-state index in [4.69, 9.17) is 4.74 Å². The summed E-state index contributed by atoms with van der Waals surface area (Å²) >= 11 is 0. The highest BCUT2D eigenvalue weighted by Crippen LogP contribution is 2.28. The fourth-order valence-corrected chi connectivity index (χ4v) is 4.02. The number of morpholine rings is 1. The van der Waals surface area contributed by atoms with E-state index in [1.54, 1.807) is 0 Å². The molecular formula is C17H34N4O. The highest BCUT2D eigenvalue weighted by molar-refractivity contribution is 5.02. The van der Waals surface area contributed by atoms with Crippen LogP contribution in [0.3, 0.4) is 0 Å². The van der Waals surface area contributed by atoms with Crippen molar-refractivity contribution in [3.8, 4) is 0 Å². The lowest BCUT2D eigenvalue weighted by molar-refractivity contribution is -0.165. The first-order valence-electron chi connectivity index (χ1n) is 9.14. The van der Waals surface area contributed by atoms with Gasteiger partial charge in [-0.2, -0.15) is 0 Å². The van der Waals surface area contributed by atoms with Gasteiger partial charge in [-0.05, 0) is 40.2 Å². The molecule has 22 heavy (non-hydrogen) atoms. The molecule has 0 aromatic carbocycles. The van der Waals surface area contributed by atoms with E-state index in [0.717, 1.165) is 39.3 Å². The van der Waals surface area contributed by atoms with Crippen molar-refractivity contribution in [2.45, 2.75) is 57.3 Å². The number of piperidine rings is 1. The molecule has 3 saturated heterocycles. The predicted octanol–water partition coefficient (Wildman–Crippen LogP) is 0.512. The molecule has 2 unspecified atom stereocenters. The van der Waals surface area contributed by atoms with Crippen LogP contribution in [0.25, 0.3) is 0 Å². The van der Waals surface area contributed by atoms with Gasteiger partial charge in [0.15, 0.2) is 0 Å². The summed E-state index contributed by atoms with van der Waals surface area (Å²) < 4.78 is 5.99. The summed E-state index contributed by atoms with van der Waals surface area (Å²) in [6.45, 7) is 15.6. The number of nitrogens with one attached hydrogen (secondary N) is 2. The first-order chi connectivity index (χ1) is 10.6. The van der Waals surface area contributed by atoms with Crippen molar-refractivity contribution in [2.75, 3.05) is 52.4 Å². The molecule has 0 amide bonds. The number of nitrogens with zero attached hydrogens (tertiary/aromatic N) is 2. The van der Waals surface area contributed by atoms with Crippen molar-refractivity contribution in [3.63, 3.8) is 0 Å². The molecule has 0 aromatic rings. The molecule has 3 aliphatic rings. The molecular weight excluding hydrogens is 276 g/mol. The van der Waals surface area contributed by atoms with Crippen LogP contribution < -0.4 is 10.6 Å². The maximum absolute atomic E-state index is 5.99. The molecule has 0 saturated carbocycles. The van der Waals surface area contributed by atoms with Gasteiger partial charge < -0.3 is 15.4 Å². The number of ether oxygens (including phenoxy) is 1. The van der Waals surface area contributed by atoms with E-state index in [1.807, 2.05) is 0 Å². The number of hydrogen-bond acceptors (Lipinski definition) is 5. The van der Waals surface area contributed by atoms with Crippen LogP contribution in [0.15, 0.2) is 0 Å². The molecule has 2 atom stereocenters. The summed E-state index contributed by atoms with van der Waals surface area (Å²) in [6, 6.07) is 1.94. The van der Waals surface area contributed by atoms with E-state index in [9.17, 15) is 0 Å². The van der Waals surface area contributed by atoms with E-state index >= 15 is 0 Å². The Morgan fingerprint density at radius 1 is 1.27 bits per heavy atom. The first-order valence-corrected chi connectivity index (χ1v) is 9.14. The van der Waals surface area contributed by atoms with Gasteiger partial charge in [-0.25, -0.2) is 0 Å². The monoisotopic (exact) mass is 310 g/mol. The van der Waals surface area contributed by atoms with Crippen molar-refractivity contribution in [1.29, 1.82) is 0 Å². The highest BCUT2D eigenvalue weighted by Gasteiger charge is 2.46. The summed E-state index contributed by atoms with van der Waals surface area (Å²) in [5, 5.41) is 7.27. The number of rotatable bonds is 5. The van der Waals surface area contributed by atoms with Crippen molar-refractivity contribution >= 4 is 0 Å². The zero-order valence-corrected chi connectivity index (χ0v) is 14.6. The van der Waals surface area contributed by atoms with E-state index in [1.165, 1.54) is 25.9 Å². The summed E-state index contributed by atoms with van der Waals surface area (Å²) in [5.74, 6) is 0. The van der Waals surface area contributed by atoms with E-state index in [-0.39, 0.29) is 5.60 Å². The minimum atomic E-state index is 0.117. The minimum Gasteiger partial charge on any atom is -0.370 e. The zero-order chi connectivity index (χ0) is 15.6. The standard InChI is InChI=1S/C17H34N4O/c1-14(2)20-7-4-5-16(10-20)19-9-15(3)21-12-17(13-21)11-18-6-8-22-17/h14-16,18-19H,4-13H2,1-3H3. The van der Waals surface area contributed by atoms with E-state index < -0.39 is 0 Å². The second-order valence-electron chi connectivity index (χ2n) is 7.80. The average Bonchev–Trinajstić information content (AvgIpc) is 2.51.